The van der Waals surface area contributed by atoms with Crippen LogP contribution in [0.2, 0.25) is 5.02 Å². The first-order valence-electron chi connectivity index (χ1n) is 6.15. The van der Waals surface area contributed by atoms with Crippen LogP contribution in [-0.4, -0.2) is 22.0 Å². The van der Waals surface area contributed by atoms with Crippen LogP contribution in [0.5, 0.6) is 0 Å². The Morgan fingerprint density at radius 1 is 1.24 bits per heavy atom. The van der Waals surface area contributed by atoms with E-state index in [0.29, 0.717) is 5.56 Å². The van der Waals surface area contributed by atoms with Crippen molar-refractivity contribution < 1.29 is 14.7 Å². The Kier molecular flexibility index (Phi) is 4.23. The van der Waals surface area contributed by atoms with Gasteiger partial charge in [-0.05, 0) is 37.1 Å². The Morgan fingerprint density at radius 3 is 2.57 bits per heavy atom. The zero-order valence-electron chi connectivity index (χ0n) is 11.5. The summed E-state index contributed by atoms with van der Waals surface area (Å²) in [6, 6.07) is 4.79. The fourth-order valence-electron chi connectivity index (χ4n) is 2.04. The molecule has 6 heteroatoms. The predicted molar refractivity (Wildman–Crippen MR) is 80.1 cm³/mol. The molecule has 0 unspecified atom stereocenters. The highest BCUT2D eigenvalue weighted by Gasteiger charge is 2.17. The summed E-state index contributed by atoms with van der Waals surface area (Å²) < 4.78 is 0. The van der Waals surface area contributed by atoms with Crippen molar-refractivity contribution in [1.29, 1.82) is 0 Å². The third-order valence-corrected chi connectivity index (χ3v) is 3.27. The molecule has 0 bridgehead atoms. The number of aromatic carboxylic acids is 1. The van der Waals surface area contributed by atoms with Gasteiger partial charge in [0.05, 0.1) is 21.8 Å². The van der Waals surface area contributed by atoms with Gasteiger partial charge >= 0.3 is 5.97 Å². The number of nitrogens with zero attached hydrogens (tertiary/aromatic N) is 1. The van der Waals surface area contributed by atoms with Crippen LogP contribution in [-0.2, 0) is 0 Å². The highest BCUT2D eigenvalue weighted by molar-refractivity contribution is 6.34. The van der Waals surface area contributed by atoms with E-state index in [1.54, 1.807) is 19.9 Å². The number of nitrogens with one attached hydrogen (secondary N) is 1. The van der Waals surface area contributed by atoms with Crippen molar-refractivity contribution in [2.24, 2.45) is 0 Å². The molecule has 2 aromatic rings. The van der Waals surface area contributed by atoms with Gasteiger partial charge in [0.15, 0.2) is 0 Å². The number of rotatable bonds is 3. The molecule has 2 N–H and O–H groups in total. The van der Waals surface area contributed by atoms with Crippen molar-refractivity contribution in [3.05, 3.63) is 57.9 Å². The number of aryl methyl sites for hydroxylation is 2. The normalized spacial score (nSPS) is 10.2. The maximum Gasteiger partial charge on any atom is 0.337 e. The molecule has 0 aliphatic rings. The molecule has 21 heavy (non-hydrogen) atoms. The fourth-order valence-corrected chi connectivity index (χ4v) is 2.25. The molecule has 0 atom stereocenters. The van der Waals surface area contributed by atoms with E-state index in [0.717, 1.165) is 5.56 Å². The number of carboxylic acid groups (broad SMARTS) is 1. The summed E-state index contributed by atoms with van der Waals surface area (Å²) in [5, 5.41) is 12.1. The molecule has 2 rings (SSSR count). The van der Waals surface area contributed by atoms with Crippen molar-refractivity contribution in [3.8, 4) is 0 Å². The monoisotopic (exact) mass is 304 g/mol. The van der Waals surface area contributed by atoms with Gasteiger partial charge in [0.25, 0.3) is 5.91 Å². The van der Waals surface area contributed by atoms with Crippen LogP contribution < -0.4 is 5.32 Å². The zero-order chi connectivity index (χ0) is 15.6. The lowest BCUT2D eigenvalue weighted by Gasteiger charge is -2.13. The molecule has 1 heterocycles. The molecular formula is C15H13ClN2O3. The number of carbonyl (C=O) groups excluding carboxylic acids is 1. The second-order valence-corrected chi connectivity index (χ2v) is 5.03. The maximum absolute atomic E-state index is 12.2. The van der Waals surface area contributed by atoms with Crippen LogP contribution in [0.3, 0.4) is 0 Å². The van der Waals surface area contributed by atoms with Crippen molar-refractivity contribution in [1.82, 2.24) is 4.98 Å². The minimum Gasteiger partial charge on any atom is -0.478 e. The average Bonchev–Trinajstić information content (AvgIpc) is 2.41. The number of amides is 1. The first-order valence-corrected chi connectivity index (χ1v) is 6.53. The second-order valence-electron chi connectivity index (χ2n) is 4.62. The number of carboxylic acids is 1. The smallest absolute Gasteiger partial charge is 0.337 e. The lowest BCUT2D eigenvalue weighted by molar-refractivity contribution is 0.0698. The molecule has 0 aliphatic carbocycles. The first-order chi connectivity index (χ1) is 9.90. The van der Waals surface area contributed by atoms with Gasteiger partial charge in [0, 0.05) is 12.4 Å². The van der Waals surface area contributed by atoms with Crippen molar-refractivity contribution in [2.45, 2.75) is 13.8 Å². The predicted octanol–water partition coefficient (Wildman–Crippen LogP) is 3.30. The van der Waals surface area contributed by atoms with Gasteiger partial charge in [0.2, 0.25) is 0 Å². The zero-order valence-corrected chi connectivity index (χ0v) is 12.2. The number of anilines is 1. The number of carbonyl (C=O) groups is 2. The highest BCUT2D eigenvalue weighted by Crippen LogP contribution is 2.24. The van der Waals surface area contributed by atoms with Gasteiger partial charge in [-0.2, -0.15) is 0 Å². The maximum atomic E-state index is 12.2. The van der Waals surface area contributed by atoms with Crippen LogP contribution in [0.1, 0.15) is 31.8 Å². The van der Waals surface area contributed by atoms with Crippen LogP contribution >= 0.6 is 11.6 Å². The molecule has 1 aromatic carbocycles. The molecule has 0 saturated carbocycles. The van der Waals surface area contributed by atoms with Crippen molar-refractivity contribution >= 4 is 29.2 Å². The fraction of sp³-hybridized carbons (Fsp3) is 0.133. The van der Waals surface area contributed by atoms with Gasteiger partial charge < -0.3 is 10.4 Å². The molecule has 108 valence electrons. The summed E-state index contributed by atoms with van der Waals surface area (Å²) in [5.74, 6) is -1.57. The summed E-state index contributed by atoms with van der Waals surface area (Å²) in [4.78, 5) is 27.4. The highest BCUT2D eigenvalue weighted by atomic mass is 35.5. The van der Waals surface area contributed by atoms with Crippen molar-refractivity contribution in [2.75, 3.05) is 5.32 Å². The SMILES string of the molecule is Cc1cc(C)c(NC(=O)c2ccncc2Cl)c(C(=O)O)c1. The van der Waals surface area contributed by atoms with Gasteiger partial charge in [-0.3, -0.25) is 9.78 Å². The summed E-state index contributed by atoms with van der Waals surface area (Å²) in [5.41, 5.74) is 2.04. The van der Waals surface area contributed by atoms with Crippen LogP contribution in [0.25, 0.3) is 0 Å². The topological polar surface area (TPSA) is 79.3 Å². The Hall–Kier alpha value is -2.40. The van der Waals surface area contributed by atoms with E-state index in [2.05, 4.69) is 10.3 Å². The quantitative estimate of drug-likeness (QED) is 0.912. The van der Waals surface area contributed by atoms with E-state index in [4.69, 9.17) is 11.6 Å². The summed E-state index contributed by atoms with van der Waals surface area (Å²) in [6.45, 7) is 3.54. The van der Waals surface area contributed by atoms with Crippen LogP contribution in [0.15, 0.2) is 30.6 Å². The van der Waals surface area contributed by atoms with Gasteiger partial charge in [-0.15, -0.1) is 0 Å². The minimum atomic E-state index is -1.10. The number of pyridine rings is 1. The van der Waals surface area contributed by atoms with E-state index < -0.39 is 11.9 Å². The third kappa shape index (κ3) is 3.20. The number of hydrogen-bond acceptors (Lipinski definition) is 3. The Bertz CT molecular complexity index is 729. The largest absolute Gasteiger partial charge is 0.478 e. The van der Waals surface area contributed by atoms with E-state index in [-0.39, 0.29) is 21.8 Å². The molecular weight excluding hydrogens is 292 g/mol. The van der Waals surface area contributed by atoms with E-state index in [1.807, 2.05) is 0 Å². The Labute approximate surface area is 126 Å². The summed E-state index contributed by atoms with van der Waals surface area (Å²) in [6.07, 6.45) is 2.80. The van der Waals surface area contributed by atoms with Gasteiger partial charge in [0.1, 0.15) is 0 Å². The molecule has 1 amide bonds. The molecule has 0 spiro atoms. The summed E-state index contributed by atoms with van der Waals surface area (Å²) >= 11 is 5.91. The Morgan fingerprint density at radius 2 is 1.95 bits per heavy atom. The lowest BCUT2D eigenvalue weighted by Crippen LogP contribution is -2.16. The number of aromatic nitrogens is 1. The van der Waals surface area contributed by atoms with E-state index in [9.17, 15) is 14.7 Å². The van der Waals surface area contributed by atoms with Gasteiger partial charge in [-0.1, -0.05) is 17.7 Å². The van der Waals surface area contributed by atoms with E-state index >= 15 is 0 Å². The molecule has 5 nitrogen and oxygen atoms in total. The van der Waals surface area contributed by atoms with E-state index in [1.165, 1.54) is 24.5 Å². The molecule has 0 radical (unpaired) electrons. The number of benzene rings is 1. The molecule has 0 aliphatic heterocycles. The average molecular weight is 305 g/mol. The minimum absolute atomic E-state index is 0.0472. The van der Waals surface area contributed by atoms with Crippen LogP contribution in [0, 0.1) is 13.8 Å². The number of hydrogen-bond donors (Lipinski definition) is 2. The number of halogens is 1. The van der Waals surface area contributed by atoms with Crippen LogP contribution in [0.4, 0.5) is 5.69 Å². The molecule has 0 fully saturated rings. The van der Waals surface area contributed by atoms with Crippen molar-refractivity contribution in [3.63, 3.8) is 0 Å². The molecule has 1 aromatic heterocycles. The molecule has 0 saturated heterocycles. The Balaban J connectivity index is 2.42. The first kappa shape index (κ1) is 15.0. The van der Waals surface area contributed by atoms with Gasteiger partial charge in [-0.25, -0.2) is 4.79 Å². The lowest BCUT2D eigenvalue weighted by atomic mass is 10.0. The second kappa shape index (κ2) is 5.93. The third-order valence-electron chi connectivity index (χ3n) is 2.97. The standard InChI is InChI=1S/C15H13ClN2O3/c1-8-5-9(2)13(11(6-8)15(20)21)18-14(19)10-3-4-17-7-12(10)16/h3-7H,1-2H3,(H,18,19)(H,20,21). The summed E-state index contributed by atoms with van der Waals surface area (Å²) in [7, 11) is 0.